The lowest BCUT2D eigenvalue weighted by atomic mass is 10.1. The highest BCUT2D eigenvalue weighted by Crippen LogP contribution is 2.26. The zero-order valence-electron chi connectivity index (χ0n) is 12.4. The fraction of sp³-hybridized carbons (Fsp3) is 0.333. The summed E-state index contributed by atoms with van der Waals surface area (Å²) in [6, 6.07) is 4.14. The van der Waals surface area contributed by atoms with Crippen molar-refractivity contribution < 1.29 is 4.79 Å². The number of benzene rings is 1. The van der Waals surface area contributed by atoms with Crippen LogP contribution in [0.2, 0.25) is 0 Å². The molecule has 2 aromatic rings. The minimum absolute atomic E-state index is 0.100. The molecule has 0 bridgehead atoms. The van der Waals surface area contributed by atoms with Gasteiger partial charge in [-0.1, -0.05) is 29.0 Å². The summed E-state index contributed by atoms with van der Waals surface area (Å²) in [5.74, 6) is -0.100. The van der Waals surface area contributed by atoms with Crippen LogP contribution in [0, 0.1) is 27.7 Å². The fourth-order valence-corrected chi connectivity index (χ4v) is 3.08. The topological polar surface area (TPSA) is 54.0 Å². The third kappa shape index (κ3) is 2.82. The molecule has 0 fully saturated rings. The standard InChI is InChI=1S/C15H19N3OS/c1-8-6-9(2)12(10(3)7-8)18-14(19)13-11(4)17-15(16-5)20-13/h6-7H,1-5H3,(H,16,17)(H,18,19). The van der Waals surface area contributed by atoms with Gasteiger partial charge in [0.2, 0.25) is 0 Å². The average Bonchev–Trinajstić information content (AvgIpc) is 2.75. The number of hydrogen-bond acceptors (Lipinski definition) is 4. The molecule has 1 aromatic heterocycles. The van der Waals surface area contributed by atoms with E-state index in [1.54, 1.807) is 7.05 Å². The summed E-state index contributed by atoms with van der Waals surface area (Å²) < 4.78 is 0. The SMILES string of the molecule is CNc1nc(C)c(C(=O)Nc2c(C)cc(C)cc2C)s1. The van der Waals surface area contributed by atoms with Crippen LogP contribution in [-0.2, 0) is 0 Å². The minimum atomic E-state index is -0.100. The lowest BCUT2D eigenvalue weighted by Crippen LogP contribution is -2.13. The Labute approximate surface area is 123 Å². The maximum Gasteiger partial charge on any atom is 0.267 e. The van der Waals surface area contributed by atoms with Gasteiger partial charge in [-0.25, -0.2) is 4.98 Å². The van der Waals surface area contributed by atoms with Gasteiger partial charge in [0.05, 0.1) is 5.69 Å². The van der Waals surface area contributed by atoms with E-state index in [-0.39, 0.29) is 5.91 Å². The number of carbonyl (C=O) groups excluding carboxylic acids is 1. The molecule has 0 saturated heterocycles. The van der Waals surface area contributed by atoms with Crippen LogP contribution in [0.25, 0.3) is 0 Å². The van der Waals surface area contributed by atoms with E-state index in [1.165, 1.54) is 16.9 Å². The van der Waals surface area contributed by atoms with E-state index in [9.17, 15) is 4.79 Å². The number of anilines is 2. The van der Waals surface area contributed by atoms with Crippen LogP contribution in [0.15, 0.2) is 12.1 Å². The van der Waals surface area contributed by atoms with Gasteiger partial charge in [0.15, 0.2) is 5.13 Å². The number of carbonyl (C=O) groups is 1. The predicted molar refractivity (Wildman–Crippen MR) is 85.0 cm³/mol. The van der Waals surface area contributed by atoms with Gasteiger partial charge in [-0.3, -0.25) is 4.79 Å². The zero-order chi connectivity index (χ0) is 14.9. The highest BCUT2D eigenvalue weighted by molar-refractivity contribution is 7.17. The Hall–Kier alpha value is -1.88. The lowest BCUT2D eigenvalue weighted by molar-refractivity contribution is 0.102. The Balaban J connectivity index is 2.30. The number of hydrogen-bond donors (Lipinski definition) is 2. The summed E-state index contributed by atoms with van der Waals surface area (Å²) >= 11 is 1.37. The summed E-state index contributed by atoms with van der Waals surface area (Å²) in [6.07, 6.45) is 0. The second kappa shape index (κ2) is 5.63. The zero-order valence-corrected chi connectivity index (χ0v) is 13.2. The summed E-state index contributed by atoms with van der Waals surface area (Å²) in [4.78, 5) is 17.3. The van der Waals surface area contributed by atoms with Gasteiger partial charge in [-0.15, -0.1) is 0 Å². The van der Waals surface area contributed by atoms with E-state index in [4.69, 9.17) is 0 Å². The quantitative estimate of drug-likeness (QED) is 0.906. The van der Waals surface area contributed by atoms with E-state index < -0.39 is 0 Å². The van der Waals surface area contributed by atoms with Crippen molar-refractivity contribution in [1.29, 1.82) is 0 Å². The number of amides is 1. The van der Waals surface area contributed by atoms with Crippen molar-refractivity contribution in [3.63, 3.8) is 0 Å². The van der Waals surface area contributed by atoms with Gasteiger partial charge in [-0.2, -0.15) is 0 Å². The Morgan fingerprint density at radius 2 is 1.75 bits per heavy atom. The average molecular weight is 289 g/mol. The van der Waals surface area contributed by atoms with Crippen molar-refractivity contribution in [2.24, 2.45) is 0 Å². The molecule has 1 heterocycles. The molecule has 2 rings (SSSR count). The van der Waals surface area contributed by atoms with E-state index in [0.717, 1.165) is 27.6 Å². The molecule has 0 aliphatic rings. The predicted octanol–water partition coefficient (Wildman–Crippen LogP) is 3.67. The number of nitrogens with one attached hydrogen (secondary N) is 2. The highest BCUT2D eigenvalue weighted by atomic mass is 32.1. The van der Waals surface area contributed by atoms with Crippen LogP contribution >= 0.6 is 11.3 Å². The molecule has 5 heteroatoms. The normalized spacial score (nSPS) is 10.4. The summed E-state index contributed by atoms with van der Waals surface area (Å²) in [6.45, 7) is 7.92. The first-order chi connectivity index (χ1) is 9.42. The summed E-state index contributed by atoms with van der Waals surface area (Å²) in [5, 5.41) is 6.72. The van der Waals surface area contributed by atoms with Crippen molar-refractivity contribution in [2.75, 3.05) is 17.7 Å². The maximum atomic E-state index is 12.4. The van der Waals surface area contributed by atoms with Gasteiger partial charge in [-0.05, 0) is 38.8 Å². The maximum absolute atomic E-state index is 12.4. The van der Waals surface area contributed by atoms with Crippen molar-refractivity contribution in [3.8, 4) is 0 Å². The number of aryl methyl sites for hydroxylation is 4. The largest absolute Gasteiger partial charge is 0.365 e. The number of thiazole rings is 1. The number of nitrogens with zero attached hydrogens (tertiary/aromatic N) is 1. The monoisotopic (exact) mass is 289 g/mol. The molecule has 0 aliphatic carbocycles. The molecule has 0 unspecified atom stereocenters. The Morgan fingerprint density at radius 1 is 1.15 bits per heavy atom. The Kier molecular flexibility index (Phi) is 4.09. The summed E-state index contributed by atoms with van der Waals surface area (Å²) in [7, 11) is 1.80. The third-order valence-corrected chi connectivity index (χ3v) is 4.31. The Bertz CT molecular complexity index is 638. The van der Waals surface area contributed by atoms with E-state index in [0.29, 0.717) is 4.88 Å². The second-order valence-electron chi connectivity index (χ2n) is 4.91. The number of rotatable bonds is 3. The second-order valence-corrected chi connectivity index (χ2v) is 5.91. The minimum Gasteiger partial charge on any atom is -0.365 e. The highest BCUT2D eigenvalue weighted by Gasteiger charge is 2.16. The molecule has 1 amide bonds. The van der Waals surface area contributed by atoms with Crippen LogP contribution < -0.4 is 10.6 Å². The van der Waals surface area contributed by atoms with E-state index in [2.05, 4.69) is 34.7 Å². The molecule has 0 spiro atoms. The first-order valence-electron chi connectivity index (χ1n) is 6.46. The van der Waals surface area contributed by atoms with Crippen LogP contribution in [0.3, 0.4) is 0 Å². The van der Waals surface area contributed by atoms with Gasteiger partial charge in [0.1, 0.15) is 4.88 Å². The molecular formula is C15H19N3OS. The van der Waals surface area contributed by atoms with E-state index in [1.807, 2.05) is 20.8 Å². The van der Waals surface area contributed by atoms with Crippen LogP contribution in [0.1, 0.15) is 32.1 Å². The first-order valence-corrected chi connectivity index (χ1v) is 7.28. The van der Waals surface area contributed by atoms with Gasteiger partial charge < -0.3 is 10.6 Å². The molecule has 4 nitrogen and oxygen atoms in total. The molecule has 0 aliphatic heterocycles. The molecular weight excluding hydrogens is 270 g/mol. The molecule has 0 atom stereocenters. The number of aromatic nitrogens is 1. The molecule has 20 heavy (non-hydrogen) atoms. The van der Waals surface area contributed by atoms with E-state index >= 15 is 0 Å². The van der Waals surface area contributed by atoms with Gasteiger partial charge >= 0.3 is 0 Å². The molecule has 106 valence electrons. The van der Waals surface area contributed by atoms with Crippen LogP contribution in [0.4, 0.5) is 10.8 Å². The lowest BCUT2D eigenvalue weighted by Gasteiger charge is -2.12. The first kappa shape index (κ1) is 14.5. The van der Waals surface area contributed by atoms with Crippen molar-refractivity contribution >= 4 is 28.1 Å². The Morgan fingerprint density at radius 3 is 2.25 bits per heavy atom. The van der Waals surface area contributed by atoms with Gasteiger partial charge in [0.25, 0.3) is 5.91 Å². The third-order valence-electron chi connectivity index (χ3n) is 3.13. The van der Waals surface area contributed by atoms with Crippen molar-refractivity contribution in [3.05, 3.63) is 39.4 Å². The molecule has 2 N–H and O–H groups in total. The molecule has 0 radical (unpaired) electrons. The smallest absolute Gasteiger partial charge is 0.267 e. The molecule has 0 saturated carbocycles. The summed E-state index contributed by atoms with van der Waals surface area (Å²) in [5.41, 5.74) is 4.99. The van der Waals surface area contributed by atoms with Crippen LogP contribution in [-0.4, -0.2) is 17.9 Å². The van der Waals surface area contributed by atoms with Crippen LogP contribution in [0.5, 0.6) is 0 Å². The van der Waals surface area contributed by atoms with Crippen molar-refractivity contribution in [2.45, 2.75) is 27.7 Å². The van der Waals surface area contributed by atoms with Crippen molar-refractivity contribution in [1.82, 2.24) is 4.98 Å². The fourth-order valence-electron chi connectivity index (χ4n) is 2.26. The molecule has 1 aromatic carbocycles. The van der Waals surface area contributed by atoms with Gasteiger partial charge in [0, 0.05) is 12.7 Å².